The fourth-order valence-electron chi connectivity index (χ4n) is 6.38. The summed E-state index contributed by atoms with van der Waals surface area (Å²) in [4.78, 5) is 13.2. The number of carbonyl (C=O) groups is 1. The highest BCUT2D eigenvalue weighted by Crippen LogP contribution is 2.62. The zero-order chi connectivity index (χ0) is 20.2. The van der Waals surface area contributed by atoms with E-state index in [9.17, 15) is 15.2 Å². The Bertz CT molecular complexity index is 990. The second-order valence-electron chi connectivity index (χ2n) is 9.31. The van der Waals surface area contributed by atoms with Crippen molar-refractivity contribution in [3.8, 4) is 11.8 Å². The van der Waals surface area contributed by atoms with Gasteiger partial charge >= 0.3 is 5.97 Å². The monoisotopic (exact) mass is 391 g/mol. The van der Waals surface area contributed by atoms with Crippen LogP contribution in [0.3, 0.4) is 0 Å². The number of rotatable bonds is 4. The van der Waals surface area contributed by atoms with E-state index in [4.69, 9.17) is 4.74 Å². The summed E-state index contributed by atoms with van der Waals surface area (Å²) in [5, 5.41) is 25.0. The fraction of sp³-hybridized carbons (Fsp3) is 0.522. The molecule has 4 aliphatic rings. The maximum atomic E-state index is 13.2. The second-order valence-corrected chi connectivity index (χ2v) is 9.31. The number of carbonyl (C=O) groups excluding carboxylic acids is 1. The van der Waals surface area contributed by atoms with Gasteiger partial charge in [0.15, 0.2) is 0 Å². The molecule has 0 saturated heterocycles. The summed E-state index contributed by atoms with van der Waals surface area (Å²) in [6.07, 6.45) is 4.89. The molecule has 4 aliphatic carbocycles. The van der Waals surface area contributed by atoms with Gasteiger partial charge in [0.1, 0.15) is 18.2 Å². The second kappa shape index (κ2) is 6.43. The molecule has 6 nitrogen and oxygen atoms in total. The van der Waals surface area contributed by atoms with Crippen molar-refractivity contribution in [2.75, 3.05) is 0 Å². The van der Waals surface area contributed by atoms with E-state index < -0.39 is 11.0 Å². The molecule has 0 radical (unpaired) electrons. The lowest BCUT2D eigenvalue weighted by Gasteiger charge is -2.58. The van der Waals surface area contributed by atoms with Gasteiger partial charge in [-0.1, -0.05) is 18.2 Å². The van der Waals surface area contributed by atoms with Gasteiger partial charge in [0.05, 0.1) is 28.1 Å². The maximum absolute atomic E-state index is 13.2. The van der Waals surface area contributed by atoms with E-state index in [-0.39, 0.29) is 12.6 Å². The van der Waals surface area contributed by atoms with Crippen molar-refractivity contribution in [2.45, 2.75) is 57.7 Å². The van der Waals surface area contributed by atoms with Crippen molar-refractivity contribution >= 4 is 5.97 Å². The van der Waals surface area contributed by atoms with Crippen molar-refractivity contribution in [3.63, 3.8) is 0 Å². The summed E-state index contributed by atoms with van der Waals surface area (Å²) in [5.74, 6) is 0.605. The quantitative estimate of drug-likeness (QED) is 0.807. The maximum Gasteiger partial charge on any atom is 0.312 e. The molecule has 6 heteroatoms. The van der Waals surface area contributed by atoms with Crippen LogP contribution in [-0.2, 0) is 16.1 Å². The number of nitrogens with zero attached hydrogens (tertiary/aromatic N) is 3. The third kappa shape index (κ3) is 2.96. The minimum Gasteiger partial charge on any atom is -0.459 e. The van der Waals surface area contributed by atoms with Crippen LogP contribution in [0.25, 0.3) is 5.69 Å². The first kappa shape index (κ1) is 18.4. The highest BCUT2D eigenvalue weighted by Gasteiger charge is 2.60. The van der Waals surface area contributed by atoms with Gasteiger partial charge in [-0.25, -0.2) is 4.68 Å². The van der Waals surface area contributed by atoms with E-state index in [0.717, 1.165) is 37.8 Å². The first-order chi connectivity index (χ1) is 13.9. The molecule has 0 spiro atoms. The third-order valence-electron chi connectivity index (χ3n) is 7.07. The van der Waals surface area contributed by atoms with Crippen molar-refractivity contribution in [2.24, 2.45) is 17.3 Å². The van der Waals surface area contributed by atoms with Crippen molar-refractivity contribution in [3.05, 3.63) is 47.3 Å². The van der Waals surface area contributed by atoms with Gasteiger partial charge in [0, 0.05) is 0 Å². The van der Waals surface area contributed by atoms with Crippen LogP contribution in [0.1, 0.15) is 55.5 Å². The number of para-hydroxylation sites is 1. The minimum atomic E-state index is -0.705. The van der Waals surface area contributed by atoms with E-state index in [1.165, 1.54) is 0 Å². The molecule has 1 aromatic carbocycles. The summed E-state index contributed by atoms with van der Waals surface area (Å²) in [5.41, 5.74) is 1.21. The number of hydrogen-bond donors (Lipinski definition) is 1. The molecule has 6 rings (SSSR count). The van der Waals surface area contributed by atoms with Crippen LogP contribution in [0.2, 0.25) is 0 Å². The fourth-order valence-corrected chi connectivity index (χ4v) is 6.38. The summed E-state index contributed by atoms with van der Waals surface area (Å²) in [6, 6.07) is 11.8. The Morgan fingerprint density at radius 1 is 1.28 bits per heavy atom. The SMILES string of the molecule is Cc1nn(-c2ccccc2)c(COC(=O)C23C[C@H]4C[C@@H](CC(O)(C4)C2)C3)c1C#N. The molecular formula is C23H25N3O3. The largest absolute Gasteiger partial charge is 0.459 e. The van der Waals surface area contributed by atoms with E-state index in [2.05, 4.69) is 11.2 Å². The lowest BCUT2D eigenvalue weighted by atomic mass is 9.48. The summed E-state index contributed by atoms with van der Waals surface area (Å²) >= 11 is 0. The van der Waals surface area contributed by atoms with Crippen LogP contribution in [0.15, 0.2) is 30.3 Å². The van der Waals surface area contributed by atoms with Crippen molar-refractivity contribution in [1.29, 1.82) is 5.26 Å². The molecule has 4 fully saturated rings. The predicted octanol–water partition coefficient (Wildman–Crippen LogP) is 3.43. The molecule has 0 unspecified atom stereocenters. The Morgan fingerprint density at radius 2 is 1.97 bits per heavy atom. The number of nitriles is 1. The van der Waals surface area contributed by atoms with Crippen LogP contribution in [-0.4, -0.2) is 26.5 Å². The summed E-state index contributed by atoms with van der Waals surface area (Å²) in [7, 11) is 0. The van der Waals surface area contributed by atoms with Gasteiger partial charge in [-0.3, -0.25) is 4.79 Å². The number of aliphatic hydroxyl groups is 1. The number of benzene rings is 1. The zero-order valence-corrected chi connectivity index (χ0v) is 16.6. The average molecular weight is 391 g/mol. The molecule has 1 aromatic heterocycles. The van der Waals surface area contributed by atoms with Crippen molar-refractivity contribution < 1.29 is 14.6 Å². The molecule has 1 heterocycles. The van der Waals surface area contributed by atoms with Gasteiger partial charge in [-0.15, -0.1) is 0 Å². The normalized spacial score (nSPS) is 32.2. The molecule has 0 amide bonds. The van der Waals surface area contributed by atoms with Gasteiger partial charge in [0.2, 0.25) is 0 Å². The summed E-state index contributed by atoms with van der Waals surface area (Å²) in [6.45, 7) is 1.80. The Kier molecular flexibility index (Phi) is 4.08. The molecule has 0 aliphatic heterocycles. The Hall–Kier alpha value is -2.65. The van der Waals surface area contributed by atoms with Crippen molar-refractivity contribution in [1.82, 2.24) is 9.78 Å². The number of aromatic nitrogens is 2. The lowest BCUT2D eigenvalue weighted by Crippen LogP contribution is -2.58. The highest BCUT2D eigenvalue weighted by molar-refractivity contribution is 5.78. The molecular weight excluding hydrogens is 366 g/mol. The molecule has 2 atom stereocenters. The van der Waals surface area contributed by atoms with Crippen LogP contribution in [0, 0.1) is 35.5 Å². The van der Waals surface area contributed by atoms with E-state index in [1.807, 2.05) is 30.3 Å². The van der Waals surface area contributed by atoms with Crippen LogP contribution >= 0.6 is 0 Å². The number of ether oxygens (including phenoxy) is 1. The predicted molar refractivity (Wildman–Crippen MR) is 105 cm³/mol. The third-order valence-corrected chi connectivity index (χ3v) is 7.07. The topological polar surface area (TPSA) is 88.1 Å². The molecule has 2 aromatic rings. The lowest BCUT2D eigenvalue weighted by molar-refractivity contribution is -0.197. The molecule has 29 heavy (non-hydrogen) atoms. The minimum absolute atomic E-state index is 0.00692. The Labute approximate surface area is 170 Å². The molecule has 150 valence electrons. The number of esters is 1. The smallest absolute Gasteiger partial charge is 0.312 e. The van der Waals surface area contributed by atoms with E-state index >= 15 is 0 Å². The van der Waals surface area contributed by atoms with Crippen LogP contribution in [0.4, 0.5) is 0 Å². The number of hydrogen-bond acceptors (Lipinski definition) is 5. The first-order valence-corrected chi connectivity index (χ1v) is 10.4. The first-order valence-electron chi connectivity index (χ1n) is 10.4. The van der Waals surface area contributed by atoms with E-state index in [0.29, 0.717) is 35.2 Å². The molecule has 4 bridgehead atoms. The standard InChI is InChI=1S/C23H25N3O3/c1-15-19(12-24)20(26(25-15)18-5-3-2-4-6-18)13-29-21(27)22-8-16-7-17(9-22)11-23(28,10-16)14-22/h2-6,16-17,28H,7-11,13-14H2,1H3/t16-,17-,22?,23?/m1/s1. The van der Waals surface area contributed by atoms with Crippen LogP contribution < -0.4 is 0 Å². The van der Waals surface area contributed by atoms with Gasteiger partial charge in [-0.2, -0.15) is 10.4 Å². The van der Waals surface area contributed by atoms with Gasteiger partial charge in [-0.05, 0) is 69.4 Å². The number of aryl methyl sites for hydroxylation is 1. The summed E-state index contributed by atoms with van der Waals surface area (Å²) < 4.78 is 7.50. The van der Waals surface area contributed by atoms with Gasteiger partial charge in [0.25, 0.3) is 0 Å². The van der Waals surface area contributed by atoms with Crippen LogP contribution in [0.5, 0.6) is 0 Å². The molecule has 1 N–H and O–H groups in total. The van der Waals surface area contributed by atoms with Gasteiger partial charge < -0.3 is 9.84 Å². The van der Waals surface area contributed by atoms with E-state index in [1.54, 1.807) is 11.6 Å². The Balaban J connectivity index is 1.41. The average Bonchev–Trinajstić information content (AvgIpc) is 3.00. The molecule has 4 saturated carbocycles. The Morgan fingerprint density at radius 3 is 2.59 bits per heavy atom. The highest BCUT2D eigenvalue weighted by atomic mass is 16.5. The zero-order valence-electron chi connectivity index (χ0n) is 16.6.